The molecule has 5 rings (SSSR count). The van der Waals surface area contributed by atoms with Gasteiger partial charge >= 0.3 is 23.8 Å². The fourth-order valence-electron chi connectivity index (χ4n) is 3.88. The summed E-state index contributed by atoms with van der Waals surface area (Å²) in [6.07, 6.45) is 0.909. The third kappa shape index (κ3) is 3.49. The SMILES string of the molecule is Cc1[nH]nc2c1N=C(c1c(F)cccc1F)Nc1cnc(N3C(O)(O)C(O)(O)OC(O)(O)C3(O)O)cc1-2. The molecule has 196 valence electrons. The summed E-state index contributed by atoms with van der Waals surface area (Å²) in [4.78, 5) is 7.57. The number of hydrogen-bond acceptors (Lipinski definition) is 14. The van der Waals surface area contributed by atoms with E-state index in [4.69, 9.17) is 0 Å². The number of hydrogen-bond donors (Lipinski definition) is 10. The second kappa shape index (κ2) is 7.68. The smallest absolute Gasteiger partial charge is 0.342 e. The van der Waals surface area contributed by atoms with Crippen LogP contribution in [0.1, 0.15) is 11.3 Å². The van der Waals surface area contributed by atoms with Gasteiger partial charge in [0.1, 0.15) is 34.7 Å². The van der Waals surface area contributed by atoms with E-state index in [0.29, 0.717) is 5.69 Å². The molecule has 15 nitrogen and oxygen atoms in total. The normalized spacial score (nSPS) is 20.8. The second-order valence-corrected chi connectivity index (χ2v) is 8.24. The number of nitrogens with zero attached hydrogens (tertiary/aromatic N) is 4. The fourth-order valence-corrected chi connectivity index (χ4v) is 3.88. The van der Waals surface area contributed by atoms with Gasteiger partial charge in [0.25, 0.3) is 0 Å². The van der Waals surface area contributed by atoms with E-state index in [1.54, 1.807) is 0 Å². The summed E-state index contributed by atoms with van der Waals surface area (Å²) in [5.41, 5.74) is -0.185. The number of aliphatic hydroxyl groups is 8. The third-order valence-corrected chi connectivity index (χ3v) is 5.75. The zero-order valence-corrected chi connectivity index (χ0v) is 18.4. The van der Waals surface area contributed by atoms with Crippen LogP contribution in [-0.2, 0) is 4.74 Å². The topological polar surface area (TPSA) is 240 Å². The zero-order valence-electron chi connectivity index (χ0n) is 18.4. The average Bonchev–Trinajstić information content (AvgIpc) is 3.03. The number of H-pyrrole nitrogens is 1. The van der Waals surface area contributed by atoms with Crippen LogP contribution in [0.5, 0.6) is 0 Å². The van der Waals surface area contributed by atoms with Crippen molar-refractivity contribution < 1.29 is 54.4 Å². The van der Waals surface area contributed by atoms with Crippen molar-refractivity contribution in [2.24, 2.45) is 4.99 Å². The van der Waals surface area contributed by atoms with Gasteiger partial charge in [0.2, 0.25) is 0 Å². The highest BCUT2D eigenvalue weighted by molar-refractivity contribution is 6.13. The minimum Gasteiger partial charge on any atom is -0.342 e. The predicted octanol–water partition coefficient (Wildman–Crippen LogP) is -2.05. The van der Waals surface area contributed by atoms with Gasteiger partial charge in [-0.15, -0.1) is 0 Å². The molecule has 0 radical (unpaired) electrons. The summed E-state index contributed by atoms with van der Waals surface area (Å²) < 4.78 is 32.9. The van der Waals surface area contributed by atoms with Crippen LogP contribution in [-0.4, -0.2) is 85.6 Å². The van der Waals surface area contributed by atoms with Crippen molar-refractivity contribution >= 4 is 23.0 Å². The molecule has 0 spiro atoms. The summed E-state index contributed by atoms with van der Waals surface area (Å²) in [6.45, 7) is 1.54. The van der Waals surface area contributed by atoms with Crippen LogP contribution in [0.3, 0.4) is 0 Å². The fraction of sp³-hybridized carbons (Fsp3) is 0.250. The number of aliphatic imine (C=N–C) groups is 1. The molecule has 0 aliphatic carbocycles. The Morgan fingerprint density at radius 3 is 2.14 bits per heavy atom. The Balaban J connectivity index is 1.71. The van der Waals surface area contributed by atoms with Gasteiger partial charge in [0, 0.05) is 5.56 Å². The Morgan fingerprint density at radius 2 is 1.54 bits per heavy atom. The van der Waals surface area contributed by atoms with Crippen molar-refractivity contribution in [3.05, 3.63) is 53.4 Å². The predicted molar refractivity (Wildman–Crippen MR) is 115 cm³/mol. The molecule has 0 amide bonds. The van der Waals surface area contributed by atoms with Gasteiger partial charge in [-0.05, 0) is 25.1 Å². The molecule has 0 atom stereocenters. The summed E-state index contributed by atoms with van der Waals surface area (Å²) in [5, 5.41) is 90.1. The standard InChI is InChI=1S/C20H18F2N6O9/c1-7-14-15(27-26-7)8-5-12(28-17(29,30)19(33,34)37-20(35,36)18(28,31)32)23-6-11(8)24-16(25-14)13-9(21)3-2-4-10(13)22/h2-6,29-36H,1H3,(H,24,25)(H,26,27). The second-order valence-electron chi connectivity index (χ2n) is 8.24. The molecule has 2 aliphatic rings. The number of aromatic amines is 1. The number of morpholine rings is 1. The van der Waals surface area contributed by atoms with E-state index in [1.807, 2.05) is 0 Å². The molecule has 10 N–H and O–H groups in total. The van der Waals surface area contributed by atoms with Gasteiger partial charge in [0.05, 0.1) is 23.1 Å². The molecule has 17 heteroatoms. The minimum absolute atomic E-state index is 0.00476. The van der Waals surface area contributed by atoms with Gasteiger partial charge < -0.3 is 46.2 Å². The summed E-state index contributed by atoms with van der Waals surface area (Å²) in [7, 11) is 0. The third-order valence-electron chi connectivity index (χ3n) is 5.75. The van der Waals surface area contributed by atoms with Crippen LogP contribution in [0.4, 0.5) is 26.0 Å². The van der Waals surface area contributed by atoms with Crippen LogP contribution >= 0.6 is 0 Å². The van der Waals surface area contributed by atoms with Gasteiger partial charge in [-0.1, -0.05) is 6.07 Å². The van der Waals surface area contributed by atoms with Crippen LogP contribution in [0.2, 0.25) is 0 Å². The first kappa shape index (κ1) is 25.0. The maximum absolute atomic E-state index is 14.5. The first-order valence-corrected chi connectivity index (χ1v) is 10.2. The maximum Gasteiger partial charge on any atom is 0.362 e. The Morgan fingerprint density at radius 1 is 0.946 bits per heavy atom. The first-order valence-electron chi connectivity index (χ1n) is 10.2. The molecule has 1 fully saturated rings. The molecule has 4 heterocycles. The van der Waals surface area contributed by atoms with Crippen LogP contribution in [0, 0.1) is 18.6 Å². The molecule has 2 aliphatic heterocycles. The van der Waals surface area contributed by atoms with Crippen molar-refractivity contribution in [3.8, 4) is 11.3 Å². The van der Waals surface area contributed by atoms with Crippen LogP contribution < -0.4 is 10.2 Å². The molecule has 0 unspecified atom stereocenters. The number of fused-ring (bicyclic) bond motifs is 3. The minimum atomic E-state index is -4.20. The van der Waals surface area contributed by atoms with E-state index in [1.165, 1.54) is 6.92 Å². The number of pyridine rings is 1. The van der Waals surface area contributed by atoms with E-state index in [9.17, 15) is 49.6 Å². The Labute approximate surface area is 203 Å². The quantitative estimate of drug-likeness (QED) is 0.163. The number of rotatable bonds is 2. The summed E-state index contributed by atoms with van der Waals surface area (Å²) >= 11 is 0. The molecule has 0 saturated carbocycles. The molecule has 0 bridgehead atoms. The number of ether oxygens (including phenoxy) is 1. The highest BCUT2D eigenvalue weighted by Crippen LogP contribution is 2.46. The lowest BCUT2D eigenvalue weighted by Crippen LogP contribution is -2.84. The molecule has 3 aromatic rings. The number of anilines is 2. The monoisotopic (exact) mass is 524 g/mol. The zero-order chi connectivity index (χ0) is 27.1. The van der Waals surface area contributed by atoms with Crippen molar-refractivity contribution in [2.45, 2.75) is 30.7 Å². The van der Waals surface area contributed by atoms with E-state index in [2.05, 4.69) is 30.2 Å². The Kier molecular flexibility index (Phi) is 5.19. The van der Waals surface area contributed by atoms with Crippen molar-refractivity contribution in [2.75, 3.05) is 10.2 Å². The van der Waals surface area contributed by atoms with Gasteiger partial charge in [-0.25, -0.2) is 23.7 Å². The van der Waals surface area contributed by atoms with Crippen molar-refractivity contribution in [3.63, 3.8) is 0 Å². The summed E-state index contributed by atoms with van der Waals surface area (Å²) in [5.74, 6) is -19.8. The van der Waals surface area contributed by atoms with E-state index >= 15 is 0 Å². The maximum atomic E-state index is 14.5. The number of aryl methyl sites for hydroxylation is 1. The molecular formula is C20H18F2N6O9. The van der Waals surface area contributed by atoms with Crippen LogP contribution in [0.15, 0.2) is 35.5 Å². The Bertz CT molecular complexity index is 1410. The molecular weight excluding hydrogens is 506 g/mol. The molecule has 2 aromatic heterocycles. The van der Waals surface area contributed by atoms with Gasteiger partial charge in [-0.3, -0.25) is 9.84 Å². The van der Waals surface area contributed by atoms with E-state index in [0.717, 1.165) is 30.5 Å². The average molecular weight is 524 g/mol. The number of nitrogens with one attached hydrogen (secondary N) is 2. The molecule has 1 aromatic carbocycles. The van der Waals surface area contributed by atoms with Crippen molar-refractivity contribution in [1.82, 2.24) is 15.2 Å². The van der Waals surface area contributed by atoms with Gasteiger partial charge in [0.15, 0.2) is 0 Å². The largest absolute Gasteiger partial charge is 0.362 e. The lowest BCUT2D eigenvalue weighted by molar-refractivity contribution is -0.606. The summed E-state index contributed by atoms with van der Waals surface area (Å²) in [6, 6.07) is 4.05. The first-order chi connectivity index (χ1) is 17.1. The highest BCUT2D eigenvalue weighted by Gasteiger charge is 2.75. The van der Waals surface area contributed by atoms with Crippen molar-refractivity contribution in [1.29, 1.82) is 0 Å². The number of benzene rings is 1. The molecule has 37 heavy (non-hydrogen) atoms. The highest BCUT2D eigenvalue weighted by atomic mass is 19.1. The number of halogens is 2. The molecule has 1 saturated heterocycles. The van der Waals surface area contributed by atoms with Gasteiger partial charge in [-0.2, -0.15) is 5.10 Å². The lowest BCUT2D eigenvalue weighted by Gasteiger charge is -2.55. The lowest BCUT2D eigenvalue weighted by atomic mass is 10.1. The number of amidine groups is 1. The number of aromatic nitrogens is 3. The van der Waals surface area contributed by atoms with E-state index in [-0.39, 0.29) is 28.5 Å². The van der Waals surface area contributed by atoms with Crippen LogP contribution in [0.25, 0.3) is 11.3 Å². The van der Waals surface area contributed by atoms with E-state index < -0.39 is 51.7 Å². The Hall–Kier alpha value is -3.65.